The van der Waals surface area contributed by atoms with E-state index in [1.807, 2.05) is 0 Å². The molecule has 1 heterocycles. The standard InChI is InChI=1S/C29H28Cl2N2O9S/c1-40-25-11-9-19(14-26(25)41-2)43(38,39)33(16-27(35)32-15-18(34)13-24(32)29(37)42-3)23-10-8-17(30)12-21(23)28(36)20-6-4-5-7-22(20)31/h4-12,14,18,24,34H,13,15-16H2,1-3H3/t18-,24+/m1/s1. The summed E-state index contributed by atoms with van der Waals surface area (Å²) in [5, 5.41) is 10.5. The number of rotatable bonds is 10. The highest BCUT2D eigenvalue weighted by Gasteiger charge is 2.41. The van der Waals surface area contributed by atoms with Crippen LogP contribution in [0.3, 0.4) is 0 Å². The van der Waals surface area contributed by atoms with Gasteiger partial charge in [0.1, 0.15) is 12.6 Å². The van der Waals surface area contributed by atoms with Crippen molar-refractivity contribution in [3.05, 3.63) is 81.8 Å². The van der Waals surface area contributed by atoms with Crippen molar-refractivity contribution in [3.8, 4) is 11.5 Å². The molecule has 3 aromatic rings. The third-order valence-electron chi connectivity index (χ3n) is 6.88. The third-order valence-corrected chi connectivity index (χ3v) is 9.21. The molecule has 4 rings (SSSR count). The molecule has 43 heavy (non-hydrogen) atoms. The first-order chi connectivity index (χ1) is 20.4. The van der Waals surface area contributed by atoms with Gasteiger partial charge in [0.2, 0.25) is 5.91 Å². The van der Waals surface area contributed by atoms with Gasteiger partial charge in [0, 0.05) is 35.2 Å². The maximum Gasteiger partial charge on any atom is 0.328 e. The van der Waals surface area contributed by atoms with E-state index in [1.54, 1.807) is 12.1 Å². The van der Waals surface area contributed by atoms with Crippen molar-refractivity contribution in [2.24, 2.45) is 0 Å². The van der Waals surface area contributed by atoms with Gasteiger partial charge in [-0.15, -0.1) is 0 Å². The number of likely N-dealkylation sites (tertiary alicyclic amines) is 1. The Kier molecular flexibility index (Phi) is 9.86. The number of anilines is 1. The summed E-state index contributed by atoms with van der Waals surface area (Å²) in [6, 6.07) is 12.9. The van der Waals surface area contributed by atoms with Gasteiger partial charge in [0.15, 0.2) is 17.3 Å². The lowest BCUT2D eigenvalue weighted by Gasteiger charge is -2.29. The second-order valence-corrected chi connectivity index (χ2v) is 12.2. The number of amides is 1. The summed E-state index contributed by atoms with van der Waals surface area (Å²) in [5.41, 5.74) is -0.244. The molecule has 3 aromatic carbocycles. The van der Waals surface area contributed by atoms with Crippen molar-refractivity contribution in [1.29, 1.82) is 0 Å². The lowest BCUT2D eigenvalue weighted by molar-refractivity contribution is -0.150. The molecule has 0 bridgehead atoms. The normalized spacial score (nSPS) is 16.5. The fraction of sp³-hybridized carbons (Fsp3) is 0.276. The first-order valence-corrected chi connectivity index (χ1v) is 15.0. The van der Waals surface area contributed by atoms with Gasteiger partial charge in [0.05, 0.1) is 43.0 Å². The number of nitrogens with zero attached hydrogens (tertiary/aromatic N) is 2. The van der Waals surface area contributed by atoms with Gasteiger partial charge >= 0.3 is 5.97 Å². The van der Waals surface area contributed by atoms with Crippen molar-refractivity contribution in [3.63, 3.8) is 0 Å². The lowest BCUT2D eigenvalue weighted by atomic mass is 10.0. The highest BCUT2D eigenvalue weighted by atomic mass is 35.5. The average Bonchev–Trinajstić information content (AvgIpc) is 3.40. The topological polar surface area (TPSA) is 140 Å². The molecule has 14 heteroatoms. The summed E-state index contributed by atoms with van der Waals surface area (Å²) >= 11 is 12.5. The largest absolute Gasteiger partial charge is 0.493 e. The number of aliphatic hydroxyl groups excluding tert-OH is 1. The molecule has 228 valence electrons. The van der Waals surface area contributed by atoms with Crippen LogP contribution in [-0.4, -0.2) is 82.6 Å². The van der Waals surface area contributed by atoms with E-state index in [2.05, 4.69) is 0 Å². The summed E-state index contributed by atoms with van der Waals surface area (Å²) in [4.78, 5) is 40.6. The molecule has 1 saturated heterocycles. The number of hydrogen-bond donors (Lipinski definition) is 1. The number of halogens is 2. The number of sulfonamides is 1. The zero-order chi connectivity index (χ0) is 31.5. The average molecular weight is 652 g/mol. The predicted molar refractivity (Wildman–Crippen MR) is 159 cm³/mol. The van der Waals surface area contributed by atoms with Gasteiger partial charge in [-0.2, -0.15) is 0 Å². The van der Waals surface area contributed by atoms with E-state index in [-0.39, 0.29) is 56.2 Å². The first-order valence-electron chi connectivity index (χ1n) is 12.8. The Bertz CT molecular complexity index is 1670. The van der Waals surface area contributed by atoms with Crippen LogP contribution >= 0.6 is 23.2 Å². The number of esters is 1. The van der Waals surface area contributed by atoms with Gasteiger partial charge in [-0.25, -0.2) is 13.2 Å². The lowest BCUT2D eigenvalue weighted by Crippen LogP contribution is -2.47. The van der Waals surface area contributed by atoms with E-state index in [0.717, 1.165) is 16.3 Å². The molecule has 1 aliphatic rings. The highest BCUT2D eigenvalue weighted by molar-refractivity contribution is 7.92. The van der Waals surface area contributed by atoms with Crippen LogP contribution in [0.1, 0.15) is 22.3 Å². The van der Waals surface area contributed by atoms with E-state index in [1.165, 1.54) is 62.8 Å². The van der Waals surface area contributed by atoms with Crippen LogP contribution in [0.5, 0.6) is 11.5 Å². The second kappa shape index (κ2) is 13.2. The number of ether oxygens (including phenoxy) is 3. The molecular formula is C29H28Cl2N2O9S. The van der Waals surface area contributed by atoms with E-state index in [0.29, 0.717) is 0 Å². The molecule has 11 nitrogen and oxygen atoms in total. The number of carbonyl (C=O) groups excluding carboxylic acids is 3. The Balaban J connectivity index is 1.89. The van der Waals surface area contributed by atoms with Crippen molar-refractivity contribution in [2.45, 2.75) is 23.5 Å². The molecule has 0 aliphatic carbocycles. The molecule has 0 saturated carbocycles. The minimum atomic E-state index is -4.61. The molecule has 1 aliphatic heterocycles. The fourth-order valence-corrected chi connectivity index (χ4v) is 6.61. The van der Waals surface area contributed by atoms with Crippen LogP contribution in [0.15, 0.2) is 65.6 Å². The number of hydrogen-bond acceptors (Lipinski definition) is 9. The van der Waals surface area contributed by atoms with Crippen molar-refractivity contribution >= 4 is 56.6 Å². The maximum atomic E-state index is 14.3. The van der Waals surface area contributed by atoms with Crippen molar-refractivity contribution in [2.75, 3.05) is 38.7 Å². The number of carbonyl (C=O) groups is 3. The van der Waals surface area contributed by atoms with Crippen LogP contribution < -0.4 is 13.8 Å². The minimum Gasteiger partial charge on any atom is -0.493 e. The number of β-amino-alcohol motifs (C(OH)–C–C–N with tert-alkyl or cyclic N) is 1. The van der Waals surface area contributed by atoms with Gasteiger partial charge in [-0.05, 0) is 42.5 Å². The van der Waals surface area contributed by atoms with Crippen molar-refractivity contribution < 1.29 is 42.1 Å². The molecule has 0 unspecified atom stereocenters. The summed E-state index contributed by atoms with van der Waals surface area (Å²) in [5.74, 6) is -1.86. The SMILES string of the molecule is COC(=O)[C@@H]1C[C@@H](O)CN1C(=O)CN(c1ccc(Cl)cc1C(=O)c1ccccc1Cl)S(=O)(=O)c1ccc(OC)c(OC)c1. The molecule has 0 radical (unpaired) electrons. The fourth-order valence-electron chi connectivity index (χ4n) is 4.76. The molecule has 1 fully saturated rings. The zero-order valence-corrected chi connectivity index (χ0v) is 25.6. The van der Waals surface area contributed by atoms with E-state index >= 15 is 0 Å². The summed E-state index contributed by atoms with van der Waals surface area (Å²) < 4.78 is 44.6. The summed E-state index contributed by atoms with van der Waals surface area (Å²) in [7, 11) is -0.746. The van der Waals surface area contributed by atoms with Gasteiger partial charge < -0.3 is 24.2 Å². The molecule has 1 amide bonds. The second-order valence-electron chi connectivity index (χ2n) is 9.47. The van der Waals surface area contributed by atoms with Crippen LogP contribution in [0, 0.1) is 0 Å². The highest BCUT2D eigenvalue weighted by Crippen LogP contribution is 2.36. The minimum absolute atomic E-state index is 0.0795. The summed E-state index contributed by atoms with van der Waals surface area (Å²) in [6.07, 6.45) is -1.12. The van der Waals surface area contributed by atoms with E-state index in [4.69, 9.17) is 37.4 Å². The summed E-state index contributed by atoms with van der Waals surface area (Å²) in [6.45, 7) is -1.07. The number of aliphatic hydroxyl groups is 1. The maximum absolute atomic E-state index is 14.3. The number of benzene rings is 3. The third kappa shape index (κ3) is 6.57. The number of methoxy groups -OCH3 is 3. The quantitative estimate of drug-likeness (QED) is 0.258. The Labute approximate surface area is 258 Å². The molecular weight excluding hydrogens is 623 g/mol. The van der Waals surface area contributed by atoms with Crippen LogP contribution in [0.2, 0.25) is 10.0 Å². The Morgan fingerprint density at radius 3 is 2.30 bits per heavy atom. The van der Waals surface area contributed by atoms with Crippen LogP contribution in [0.25, 0.3) is 0 Å². The smallest absolute Gasteiger partial charge is 0.328 e. The molecule has 1 N–H and O–H groups in total. The van der Waals surface area contributed by atoms with Gasteiger partial charge in [0.25, 0.3) is 10.0 Å². The van der Waals surface area contributed by atoms with Gasteiger partial charge in [-0.3, -0.25) is 13.9 Å². The van der Waals surface area contributed by atoms with Crippen molar-refractivity contribution in [1.82, 2.24) is 4.90 Å². The number of ketones is 1. The monoisotopic (exact) mass is 650 g/mol. The zero-order valence-electron chi connectivity index (χ0n) is 23.3. The van der Waals surface area contributed by atoms with Crippen LogP contribution in [0.4, 0.5) is 5.69 Å². The van der Waals surface area contributed by atoms with E-state index in [9.17, 15) is 27.9 Å². The molecule has 2 atom stereocenters. The van der Waals surface area contributed by atoms with Crippen LogP contribution in [-0.2, 0) is 24.3 Å². The Hall–Kier alpha value is -3.84. The van der Waals surface area contributed by atoms with Gasteiger partial charge in [-0.1, -0.05) is 35.3 Å². The first kappa shape index (κ1) is 32.1. The molecule has 0 spiro atoms. The Morgan fingerprint density at radius 1 is 0.953 bits per heavy atom. The predicted octanol–water partition coefficient (Wildman–Crippen LogP) is 3.57. The Morgan fingerprint density at radius 2 is 1.65 bits per heavy atom. The molecule has 0 aromatic heterocycles. The van der Waals surface area contributed by atoms with E-state index < -0.39 is 46.4 Å².